The Balaban J connectivity index is 1.90. The molecule has 2 aromatic carbocycles. The Morgan fingerprint density at radius 3 is 2.24 bits per heavy atom. The molecule has 1 aliphatic rings. The standard InChI is InChI=1S/C17H16O3Se/c18-14-11-15(19)20-16(14)17(12-7-3-1-4-8-12)21-13-9-5-2-6-10-13/h1-10,14,16-18H,11H2/t14-,16+,17-/m1/s1. The average Bonchev–Trinajstić information content (AvgIpc) is 2.85. The van der Waals surface area contributed by atoms with Crippen LogP contribution in [-0.4, -0.2) is 38.2 Å². The first-order chi connectivity index (χ1) is 10.2. The molecule has 3 nitrogen and oxygen atoms in total. The van der Waals surface area contributed by atoms with Gasteiger partial charge in [-0.2, -0.15) is 0 Å². The second-order valence-electron chi connectivity index (χ2n) is 4.99. The number of aliphatic hydroxyl groups is 1. The zero-order valence-corrected chi connectivity index (χ0v) is 13.1. The second kappa shape index (κ2) is 6.44. The predicted molar refractivity (Wildman–Crippen MR) is 81.5 cm³/mol. The van der Waals surface area contributed by atoms with Crippen LogP contribution < -0.4 is 4.46 Å². The van der Waals surface area contributed by atoms with E-state index in [4.69, 9.17) is 4.74 Å². The third-order valence-electron chi connectivity index (χ3n) is 3.46. The molecule has 1 saturated heterocycles. The number of esters is 1. The topological polar surface area (TPSA) is 46.5 Å². The molecule has 4 heteroatoms. The molecule has 0 bridgehead atoms. The average molecular weight is 347 g/mol. The van der Waals surface area contributed by atoms with Gasteiger partial charge in [0, 0.05) is 0 Å². The van der Waals surface area contributed by atoms with Gasteiger partial charge in [0.1, 0.15) is 0 Å². The summed E-state index contributed by atoms with van der Waals surface area (Å²) < 4.78 is 6.62. The molecule has 1 N–H and O–H groups in total. The number of aliphatic hydroxyl groups excluding tert-OH is 1. The fourth-order valence-corrected chi connectivity index (χ4v) is 5.11. The van der Waals surface area contributed by atoms with Crippen LogP contribution in [0.15, 0.2) is 60.7 Å². The molecule has 0 aromatic heterocycles. The van der Waals surface area contributed by atoms with Crippen molar-refractivity contribution in [3.05, 3.63) is 66.2 Å². The number of ether oxygens (including phenoxy) is 1. The van der Waals surface area contributed by atoms with Gasteiger partial charge in [0.05, 0.1) is 0 Å². The summed E-state index contributed by atoms with van der Waals surface area (Å²) in [5.74, 6) is -0.308. The molecule has 2 aromatic rings. The molecule has 0 spiro atoms. The molecular weight excluding hydrogens is 331 g/mol. The van der Waals surface area contributed by atoms with Crippen LogP contribution in [0, 0.1) is 0 Å². The van der Waals surface area contributed by atoms with Crippen molar-refractivity contribution in [2.24, 2.45) is 0 Å². The summed E-state index contributed by atoms with van der Waals surface area (Å²) in [7, 11) is 0. The van der Waals surface area contributed by atoms with Crippen molar-refractivity contribution in [1.82, 2.24) is 0 Å². The molecule has 3 atom stereocenters. The van der Waals surface area contributed by atoms with Crippen LogP contribution in [0.5, 0.6) is 0 Å². The van der Waals surface area contributed by atoms with Gasteiger partial charge < -0.3 is 0 Å². The minimum atomic E-state index is -0.715. The SMILES string of the molecule is O=C1C[C@@H](O)[C@@H]([C@H]([Se]c2ccccc2)c2ccccc2)O1. The number of benzene rings is 2. The molecule has 21 heavy (non-hydrogen) atoms. The fraction of sp³-hybridized carbons (Fsp3) is 0.235. The van der Waals surface area contributed by atoms with Gasteiger partial charge in [0.2, 0.25) is 0 Å². The van der Waals surface area contributed by atoms with Crippen LogP contribution in [0.4, 0.5) is 0 Å². The number of cyclic esters (lactones) is 1. The second-order valence-corrected chi connectivity index (χ2v) is 7.54. The van der Waals surface area contributed by atoms with E-state index in [1.54, 1.807) is 0 Å². The van der Waals surface area contributed by atoms with Crippen LogP contribution in [0.1, 0.15) is 16.8 Å². The number of hydrogen-bond acceptors (Lipinski definition) is 3. The quantitative estimate of drug-likeness (QED) is 0.672. The molecule has 1 aliphatic heterocycles. The van der Waals surface area contributed by atoms with Gasteiger partial charge in [-0.3, -0.25) is 0 Å². The molecule has 3 rings (SSSR count). The van der Waals surface area contributed by atoms with Crippen LogP contribution in [-0.2, 0) is 9.53 Å². The van der Waals surface area contributed by atoms with Gasteiger partial charge in [-0.15, -0.1) is 0 Å². The summed E-state index contributed by atoms with van der Waals surface area (Å²) in [5.41, 5.74) is 1.11. The molecule has 108 valence electrons. The van der Waals surface area contributed by atoms with Gasteiger partial charge in [-0.1, -0.05) is 0 Å². The van der Waals surface area contributed by atoms with E-state index in [-0.39, 0.29) is 32.2 Å². The van der Waals surface area contributed by atoms with Gasteiger partial charge >= 0.3 is 130 Å². The molecule has 1 fully saturated rings. The summed E-state index contributed by atoms with van der Waals surface area (Å²) in [6.45, 7) is 0. The summed E-state index contributed by atoms with van der Waals surface area (Å²) in [6.07, 6.45) is -1.06. The van der Waals surface area contributed by atoms with Crippen molar-refractivity contribution in [2.45, 2.75) is 23.4 Å². The van der Waals surface area contributed by atoms with Gasteiger partial charge in [-0.25, -0.2) is 0 Å². The monoisotopic (exact) mass is 348 g/mol. The van der Waals surface area contributed by atoms with E-state index in [0.717, 1.165) is 5.56 Å². The molecule has 0 aliphatic carbocycles. The van der Waals surface area contributed by atoms with Crippen LogP contribution in [0.2, 0.25) is 0 Å². The van der Waals surface area contributed by atoms with Crippen molar-refractivity contribution in [3.8, 4) is 0 Å². The fourth-order valence-electron chi connectivity index (χ4n) is 2.44. The molecule has 0 unspecified atom stereocenters. The Hall–Kier alpha value is -1.61. The van der Waals surface area contributed by atoms with Gasteiger partial charge in [0.15, 0.2) is 0 Å². The number of rotatable bonds is 4. The van der Waals surface area contributed by atoms with Crippen molar-refractivity contribution in [3.63, 3.8) is 0 Å². The maximum absolute atomic E-state index is 11.5. The van der Waals surface area contributed by atoms with Crippen LogP contribution in [0.3, 0.4) is 0 Å². The van der Waals surface area contributed by atoms with Gasteiger partial charge in [0.25, 0.3) is 0 Å². The Morgan fingerprint density at radius 1 is 1.05 bits per heavy atom. The molecular formula is C17H16O3Se. The first kappa shape index (κ1) is 14.3. The summed E-state index contributed by atoms with van der Waals surface area (Å²) in [6, 6.07) is 20.2. The van der Waals surface area contributed by atoms with Crippen molar-refractivity contribution in [1.29, 1.82) is 0 Å². The van der Waals surface area contributed by atoms with Crippen molar-refractivity contribution >= 4 is 25.4 Å². The molecule has 1 heterocycles. The van der Waals surface area contributed by atoms with E-state index in [9.17, 15) is 9.90 Å². The number of hydrogen-bond donors (Lipinski definition) is 1. The minimum absolute atomic E-state index is 0.0301. The van der Waals surface area contributed by atoms with Crippen molar-refractivity contribution in [2.75, 3.05) is 0 Å². The van der Waals surface area contributed by atoms with E-state index >= 15 is 0 Å². The predicted octanol–water partition coefficient (Wildman–Crippen LogP) is 1.43. The number of carbonyl (C=O) groups excluding carboxylic acids is 1. The third-order valence-corrected chi connectivity index (χ3v) is 6.26. The van der Waals surface area contributed by atoms with Crippen LogP contribution >= 0.6 is 0 Å². The zero-order chi connectivity index (χ0) is 14.7. The van der Waals surface area contributed by atoms with E-state index < -0.39 is 12.2 Å². The Kier molecular flexibility index (Phi) is 4.39. The Bertz CT molecular complexity index is 600. The zero-order valence-electron chi connectivity index (χ0n) is 11.4. The Labute approximate surface area is 130 Å². The van der Waals surface area contributed by atoms with Gasteiger partial charge in [-0.05, 0) is 0 Å². The molecule has 0 amide bonds. The van der Waals surface area contributed by atoms with E-state index in [1.165, 1.54) is 4.46 Å². The van der Waals surface area contributed by atoms with Crippen LogP contribution in [0.25, 0.3) is 0 Å². The maximum atomic E-state index is 11.5. The molecule has 0 radical (unpaired) electrons. The normalized spacial score (nSPS) is 22.8. The van der Waals surface area contributed by atoms with Crippen molar-refractivity contribution < 1.29 is 14.6 Å². The van der Waals surface area contributed by atoms with E-state index in [1.807, 2.05) is 48.5 Å². The third kappa shape index (κ3) is 3.35. The first-order valence-electron chi connectivity index (χ1n) is 6.88. The molecule has 0 saturated carbocycles. The summed E-state index contributed by atoms with van der Waals surface area (Å²) in [5, 5.41) is 10.1. The van der Waals surface area contributed by atoms with E-state index in [0.29, 0.717) is 0 Å². The Morgan fingerprint density at radius 2 is 1.67 bits per heavy atom. The first-order valence-corrected chi connectivity index (χ1v) is 8.73. The van der Waals surface area contributed by atoms with E-state index in [2.05, 4.69) is 12.1 Å². The summed E-state index contributed by atoms with van der Waals surface area (Å²) in [4.78, 5) is 11.5. The number of carbonyl (C=O) groups is 1. The summed E-state index contributed by atoms with van der Waals surface area (Å²) >= 11 is 0.0822.